The number of ether oxygens (including phenoxy) is 1. The lowest BCUT2D eigenvalue weighted by atomic mass is 10.2. The summed E-state index contributed by atoms with van der Waals surface area (Å²) in [5.41, 5.74) is -5.93. The molecule has 0 amide bonds. The Hall–Kier alpha value is -2.10. The third-order valence-corrected chi connectivity index (χ3v) is 3.11. The van der Waals surface area contributed by atoms with Crippen molar-refractivity contribution in [2.24, 2.45) is 0 Å². The maximum atomic E-state index is 12.8. The second-order valence-corrected chi connectivity index (χ2v) is 5.29. The van der Waals surface area contributed by atoms with Crippen molar-refractivity contribution in [2.45, 2.75) is 12.4 Å². The van der Waals surface area contributed by atoms with E-state index in [0.717, 1.165) is 24.3 Å². The maximum Gasteiger partial charge on any atom is 0.534 e. The molecule has 0 saturated heterocycles. The molecule has 1 aromatic rings. The highest BCUT2D eigenvalue weighted by Crippen LogP contribution is 2.29. The van der Waals surface area contributed by atoms with Crippen LogP contribution in [0.3, 0.4) is 0 Å². The highest BCUT2D eigenvalue weighted by Gasteiger charge is 2.49. The molecule has 0 saturated carbocycles. The molecule has 1 aromatic carbocycles. The standard InChI is InChI=1S/C12H10F4O5S/c1-2-20-11(17)7-10(8-3-5-9(13)6-4-8)21-22(18,19)12(14,15)16/h3-7H,2H2,1H3/b10-7-. The molecule has 0 N–H and O–H groups in total. The average molecular weight is 342 g/mol. The molecule has 0 aromatic heterocycles. The minimum atomic E-state index is -5.99. The summed E-state index contributed by atoms with van der Waals surface area (Å²) in [6, 6.07) is 3.62. The molecule has 0 aliphatic heterocycles. The highest BCUT2D eigenvalue weighted by molar-refractivity contribution is 7.87. The Bertz CT molecular complexity index is 662. The van der Waals surface area contributed by atoms with Gasteiger partial charge in [-0.25, -0.2) is 9.18 Å². The molecular weight excluding hydrogens is 332 g/mol. The lowest BCUT2D eigenvalue weighted by molar-refractivity contribution is -0.137. The van der Waals surface area contributed by atoms with Crippen molar-refractivity contribution >= 4 is 21.8 Å². The van der Waals surface area contributed by atoms with Gasteiger partial charge in [-0.2, -0.15) is 21.6 Å². The van der Waals surface area contributed by atoms with E-state index in [1.807, 2.05) is 0 Å². The number of carbonyl (C=O) groups is 1. The first-order valence-electron chi connectivity index (χ1n) is 5.72. The first kappa shape index (κ1) is 18.0. The molecule has 0 radical (unpaired) electrons. The fraction of sp³-hybridized carbons (Fsp3) is 0.250. The van der Waals surface area contributed by atoms with E-state index in [-0.39, 0.29) is 12.2 Å². The lowest BCUT2D eigenvalue weighted by Gasteiger charge is -2.12. The number of esters is 1. The van der Waals surface area contributed by atoms with Gasteiger partial charge >= 0.3 is 21.6 Å². The second-order valence-electron chi connectivity index (χ2n) is 3.75. The van der Waals surface area contributed by atoms with Gasteiger partial charge in [0, 0.05) is 5.56 Å². The average Bonchev–Trinajstić information content (AvgIpc) is 2.37. The van der Waals surface area contributed by atoms with Crippen LogP contribution in [0.25, 0.3) is 5.76 Å². The maximum absolute atomic E-state index is 12.8. The van der Waals surface area contributed by atoms with Gasteiger partial charge in [-0.3, -0.25) is 0 Å². The van der Waals surface area contributed by atoms with Crippen LogP contribution in [0.4, 0.5) is 17.6 Å². The van der Waals surface area contributed by atoms with E-state index >= 15 is 0 Å². The first-order valence-corrected chi connectivity index (χ1v) is 7.13. The van der Waals surface area contributed by atoms with Crippen LogP contribution in [0, 0.1) is 5.82 Å². The molecule has 1 rings (SSSR count). The monoisotopic (exact) mass is 342 g/mol. The molecular formula is C12H10F4O5S. The fourth-order valence-corrected chi connectivity index (χ4v) is 1.70. The van der Waals surface area contributed by atoms with Crippen LogP contribution in [-0.2, 0) is 23.8 Å². The quantitative estimate of drug-likeness (QED) is 0.205. The SMILES string of the molecule is CCOC(=O)/C=C(\OS(=O)(=O)C(F)(F)F)c1ccc(F)cc1. The summed E-state index contributed by atoms with van der Waals surface area (Å²) in [4.78, 5) is 11.3. The van der Waals surface area contributed by atoms with Crippen molar-refractivity contribution in [3.63, 3.8) is 0 Å². The number of benzene rings is 1. The van der Waals surface area contributed by atoms with E-state index in [4.69, 9.17) is 0 Å². The minimum absolute atomic E-state index is 0.0853. The molecule has 10 heteroatoms. The molecule has 0 aliphatic carbocycles. The Morgan fingerprint density at radius 3 is 2.23 bits per heavy atom. The largest absolute Gasteiger partial charge is 0.534 e. The number of alkyl halides is 3. The lowest BCUT2D eigenvalue weighted by Crippen LogP contribution is -2.25. The zero-order valence-corrected chi connectivity index (χ0v) is 11.9. The minimum Gasteiger partial charge on any atom is -0.463 e. The molecule has 22 heavy (non-hydrogen) atoms. The summed E-state index contributed by atoms with van der Waals surface area (Å²) >= 11 is 0. The fourth-order valence-electron chi connectivity index (χ4n) is 1.23. The Labute approximate surface area is 123 Å². The Morgan fingerprint density at radius 2 is 1.77 bits per heavy atom. The number of halogens is 4. The van der Waals surface area contributed by atoms with Gasteiger partial charge in [0.25, 0.3) is 0 Å². The van der Waals surface area contributed by atoms with Crippen molar-refractivity contribution in [3.05, 3.63) is 41.7 Å². The van der Waals surface area contributed by atoms with Gasteiger partial charge in [0.05, 0.1) is 12.7 Å². The summed E-state index contributed by atoms with van der Waals surface area (Å²) in [7, 11) is -5.99. The van der Waals surface area contributed by atoms with E-state index in [9.17, 15) is 30.8 Å². The van der Waals surface area contributed by atoms with Gasteiger partial charge in [0.2, 0.25) is 0 Å². The van der Waals surface area contributed by atoms with Crippen molar-refractivity contribution in [1.82, 2.24) is 0 Å². The van der Waals surface area contributed by atoms with Crippen LogP contribution in [0.5, 0.6) is 0 Å². The Kier molecular flexibility index (Phi) is 5.53. The first-order chi connectivity index (χ1) is 10.1. The summed E-state index contributed by atoms with van der Waals surface area (Å²) in [6.45, 7) is 1.36. The topological polar surface area (TPSA) is 69.7 Å². The second kappa shape index (κ2) is 6.77. The third-order valence-electron chi connectivity index (χ3n) is 2.15. The Morgan fingerprint density at radius 1 is 1.23 bits per heavy atom. The van der Waals surface area contributed by atoms with E-state index in [1.165, 1.54) is 6.92 Å². The van der Waals surface area contributed by atoms with Crippen LogP contribution in [0.2, 0.25) is 0 Å². The predicted molar refractivity (Wildman–Crippen MR) is 67.1 cm³/mol. The van der Waals surface area contributed by atoms with Crippen LogP contribution in [0.15, 0.2) is 30.3 Å². The van der Waals surface area contributed by atoms with Crippen molar-refractivity contribution < 1.29 is 39.7 Å². The van der Waals surface area contributed by atoms with Crippen molar-refractivity contribution in [1.29, 1.82) is 0 Å². The molecule has 5 nitrogen and oxygen atoms in total. The number of hydrogen-bond donors (Lipinski definition) is 0. The highest BCUT2D eigenvalue weighted by atomic mass is 32.2. The van der Waals surface area contributed by atoms with Crippen LogP contribution in [0.1, 0.15) is 12.5 Å². The van der Waals surface area contributed by atoms with E-state index in [1.54, 1.807) is 0 Å². The summed E-state index contributed by atoms with van der Waals surface area (Å²) in [5.74, 6) is -2.76. The number of hydrogen-bond acceptors (Lipinski definition) is 5. The van der Waals surface area contributed by atoms with Crippen molar-refractivity contribution in [2.75, 3.05) is 6.61 Å². The zero-order chi connectivity index (χ0) is 17.0. The molecule has 0 unspecified atom stereocenters. The molecule has 0 heterocycles. The van der Waals surface area contributed by atoms with Crippen LogP contribution in [-0.4, -0.2) is 26.5 Å². The van der Waals surface area contributed by atoms with E-state index < -0.39 is 33.2 Å². The molecule has 0 aliphatic rings. The van der Waals surface area contributed by atoms with E-state index in [2.05, 4.69) is 8.92 Å². The summed E-state index contributed by atoms with van der Waals surface area (Å²) in [6.07, 6.45) is 0.431. The number of rotatable bonds is 5. The molecule has 122 valence electrons. The van der Waals surface area contributed by atoms with Gasteiger partial charge in [0.1, 0.15) is 5.82 Å². The van der Waals surface area contributed by atoms with Gasteiger partial charge in [-0.1, -0.05) is 0 Å². The smallest absolute Gasteiger partial charge is 0.463 e. The normalized spacial score (nSPS) is 12.9. The predicted octanol–water partition coefficient (Wildman–Crippen LogP) is 2.60. The molecule has 0 spiro atoms. The number of carbonyl (C=O) groups excluding carboxylic acids is 1. The van der Waals surface area contributed by atoms with Gasteiger partial charge in [-0.05, 0) is 31.2 Å². The zero-order valence-electron chi connectivity index (χ0n) is 11.1. The molecule has 0 bridgehead atoms. The van der Waals surface area contributed by atoms with Crippen molar-refractivity contribution in [3.8, 4) is 0 Å². The summed E-state index contributed by atoms with van der Waals surface area (Å²) in [5, 5.41) is 0. The molecule has 0 atom stereocenters. The van der Waals surface area contributed by atoms with Gasteiger partial charge < -0.3 is 8.92 Å². The molecule has 0 fully saturated rings. The van der Waals surface area contributed by atoms with E-state index in [0.29, 0.717) is 6.08 Å². The van der Waals surface area contributed by atoms with Gasteiger partial charge in [-0.15, -0.1) is 0 Å². The summed E-state index contributed by atoms with van der Waals surface area (Å²) < 4.78 is 80.3. The van der Waals surface area contributed by atoms with Gasteiger partial charge in [0.15, 0.2) is 5.76 Å². The Balaban J connectivity index is 3.24. The van der Waals surface area contributed by atoms with Crippen LogP contribution >= 0.6 is 0 Å². The van der Waals surface area contributed by atoms with Crippen LogP contribution < -0.4 is 0 Å². The third kappa shape index (κ3) is 4.72.